The van der Waals surface area contributed by atoms with Crippen LogP contribution in [-0.4, -0.2) is 32.0 Å². The molecule has 2 atom stereocenters. The third-order valence-corrected chi connectivity index (χ3v) is 8.04. The number of benzene rings is 2. The standard InChI is InChI=1S/C32H35N5OS/c1-20-10-8-12-25(18-20)34-29(38)15-17-36-31(30(35-32(36)39)27-13-6-7-16-33-27)26-19-22(3)37(24(26)5)28-14-9-11-21(2)23(28)4/h6-14,16,18-19,30-31H,15,17H2,1-5H3,(H,34,38)(H,35,39). The van der Waals surface area contributed by atoms with Crippen LogP contribution in [0.5, 0.6) is 0 Å². The lowest BCUT2D eigenvalue weighted by atomic mass is 9.96. The highest BCUT2D eigenvalue weighted by atomic mass is 32.1. The Labute approximate surface area is 236 Å². The van der Waals surface area contributed by atoms with Gasteiger partial charge in [-0.15, -0.1) is 0 Å². The van der Waals surface area contributed by atoms with E-state index < -0.39 is 0 Å². The normalized spacial score (nSPS) is 16.8. The molecule has 2 unspecified atom stereocenters. The second-order valence-electron chi connectivity index (χ2n) is 10.4. The molecule has 0 spiro atoms. The van der Waals surface area contributed by atoms with Crippen LogP contribution in [0.2, 0.25) is 0 Å². The van der Waals surface area contributed by atoms with Crippen molar-refractivity contribution in [3.8, 4) is 5.69 Å². The maximum absolute atomic E-state index is 12.9. The van der Waals surface area contributed by atoms with Gasteiger partial charge in [0.2, 0.25) is 5.91 Å². The fourth-order valence-corrected chi connectivity index (χ4v) is 5.92. The van der Waals surface area contributed by atoms with E-state index >= 15 is 0 Å². The molecule has 1 amide bonds. The van der Waals surface area contributed by atoms with E-state index in [2.05, 4.69) is 77.0 Å². The number of aromatic nitrogens is 2. The van der Waals surface area contributed by atoms with Gasteiger partial charge in [-0.05, 0) is 105 Å². The summed E-state index contributed by atoms with van der Waals surface area (Å²) in [7, 11) is 0. The lowest BCUT2D eigenvalue weighted by molar-refractivity contribution is -0.116. The molecule has 6 nitrogen and oxygen atoms in total. The first-order chi connectivity index (χ1) is 18.7. The molecule has 2 aromatic heterocycles. The molecule has 3 heterocycles. The first-order valence-electron chi connectivity index (χ1n) is 13.3. The molecule has 39 heavy (non-hydrogen) atoms. The molecule has 1 aliphatic heterocycles. The Balaban J connectivity index is 1.49. The minimum absolute atomic E-state index is 0.0377. The van der Waals surface area contributed by atoms with Gasteiger partial charge in [0, 0.05) is 41.9 Å². The van der Waals surface area contributed by atoms with E-state index in [1.54, 1.807) is 0 Å². The smallest absolute Gasteiger partial charge is 0.226 e. The fraction of sp³-hybridized carbons (Fsp3) is 0.281. The summed E-state index contributed by atoms with van der Waals surface area (Å²) in [4.78, 5) is 19.8. The lowest BCUT2D eigenvalue weighted by Crippen LogP contribution is -2.32. The number of thiocarbonyl (C=S) groups is 1. The number of nitrogens with zero attached hydrogens (tertiary/aromatic N) is 3. The number of pyridine rings is 1. The van der Waals surface area contributed by atoms with Crippen LogP contribution in [0.15, 0.2) is 72.9 Å². The van der Waals surface area contributed by atoms with Gasteiger partial charge in [-0.3, -0.25) is 9.78 Å². The highest BCUT2D eigenvalue weighted by molar-refractivity contribution is 7.80. The highest BCUT2D eigenvalue weighted by Gasteiger charge is 2.41. The van der Waals surface area contributed by atoms with E-state index in [1.807, 2.05) is 55.6 Å². The summed E-state index contributed by atoms with van der Waals surface area (Å²) in [6.07, 6.45) is 2.13. The van der Waals surface area contributed by atoms with Gasteiger partial charge in [0.25, 0.3) is 0 Å². The molecule has 7 heteroatoms. The number of hydrogen-bond acceptors (Lipinski definition) is 3. The van der Waals surface area contributed by atoms with Crippen molar-refractivity contribution in [1.82, 2.24) is 19.8 Å². The minimum atomic E-state index is -0.133. The number of hydrogen-bond donors (Lipinski definition) is 2. The third kappa shape index (κ3) is 5.32. The predicted octanol–water partition coefficient (Wildman–Crippen LogP) is 6.42. The zero-order valence-electron chi connectivity index (χ0n) is 23.2. The second kappa shape index (κ2) is 11.0. The maximum Gasteiger partial charge on any atom is 0.226 e. The van der Waals surface area contributed by atoms with Crippen molar-refractivity contribution in [3.63, 3.8) is 0 Å². The number of aryl methyl sites for hydroxylation is 3. The van der Waals surface area contributed by atoms with Gasteiger partial charge < -0.3 is 20.1 Å². The molecular weight excluding hydrogens is 502 g/mol. The van der Waals surface area contributed by atoms with Crippen molar-refractivity contribution >= 4 is 28.9 Å². The van der Waals surface area contributed by atoms with Gasteiger partial charge in [0.05, 0.1) is 17.8 Å². The summed E-state index contributed by atoms with van der Waals surface area (Å²) >= 11 is 5.86. The van der Waals surface area contributed by atoms with E-state index in [4.69, 9.17) is 12.2 Å². The van der Waals surface area contributed by atoms with Crippen LogP contribution in [0.4, 0.5) is 5.69 Å². The summed E-state index contributed by atoms with van der Waals surface area (Å²) in [5.41, 5.74) is 10.0. The average Bonchev–Trinajstić information content (AvgIpc) is 3.39. The molecule has 0 aliphatic carbocycles. The van der Waals surface area contributed by atoms with Gasteiger partial charge in [-0.2, -0.15) is 0 Å². The van der Waals surface area contributed by atoms with Crippen LogP contribution in [0.25, 0.3) is 5.69 Å². The van der Waals surface area contributed by atoms with E-state index in [1.165, 1.54) is 22.4 Å². The van der Waals surface area contributed by atoms with Gasteiger partial charge in [0.1, 0.15) is 0 Å². The molecule has 0 bridgehead atoms. The van der Waals surface area contributed by atoms with Crippen LogP contribution in [0.1, 0.15) is 57.8 Å². The molecule has 2 N–H and O–H groups in total. The number of rotatable bonds is 7. The molecule has 5 rings (SSSR count). The molecule has 1 aliphatic rings. The van der Waals surface area contributed by atoms with Crippen molar-refractivity contribution in [2.24, 2.45) is 0 Å². The van der Waals surface area contributed by atoms with Crippen LogP contribution < -0.4 is 10.6 Å². The Hall–Kier alpha value is -3.97. The molecule has 0 radical (unpaired) electrons. The van der Waals surface area contributed by atoms with Gasteiger partial charge in [-0.25, -0.2) is 0 Å². The summed E-state index contributed by atoms with van der Waals surface area (Å²) in [5, 5.41) is 7.19. The lowest BCUT2D eigenvalue weighted by Gasteiger charge is -2.28. The molecular formula is C32H35N5OS. The largest absolute Gasteiger partial charge is 0.352 e. The summed E-state index contributed by atoms with van der Waals surface area (Å²) in [6, 6.07) is 22.3. The van der Waals surface area contributed by atoms with Crippen molar-refractivity contribution in [2.45, 2.75) is 53.1 Å². The van der Waals surface area contributed by atoms with E-state index in [0.717, 1.165) is 28.3 Å². The van der Waals surface area contributed by atoms with Crippen LogP contribution in [-0.2, 0) is 4.79 Å². The SMILES string of the molecule is Cc1cccc(NC(=O)CCN2C(=S)NC(c3ccccn3)C2c2cc(C)n(-c3cccc(C)c3C)c2C)c1. The van der Waals surface area contributed by atoms with E-state index in [-0.39, 0.29) is 18.0 Å². The van der Waals surface area contributed by atoms with E-state index in [0.29, 0.717) is 18.1 Å². The van der Waals surface area contributed by atoms with Gasteiger partial charge in [-0.1, -0.05) is 30.3 Å². The second-order valence-corrected chi connectivity index (χ2v) is 10.8. The summed E-state index contributed by atoms with van der Waals surface area (Å²) in [5.74, 6) is -0.0377. The number of carbonyl (C=O) groups is 1. The Morgan fingerprint density at radius 1 is 1.00 bits per heavy atom. The maximum atomic E-state index is 12.9. The Morgan fingerprint density at radius 3 is 2.54 bits per heavy atom. The first-order valence-corrected chi connectivity index (χ1v) is 13.8. The Bertz CT molecular complexity index is 1530. The molecule has 1 fully saturated rings. The predicted molar refractivity (Wildman–Crippen MR) is 161 cm³/mol. The van der Waals surface area contributed by atoms with Crippen molar-refractivity contribution in [2.75, 3.05) is 11.9 Å². The Morgan fingerprint density at radius 2 is 1.79 bits per heavy atom. The van der Waals surface area contributed by atoms with E-state index in [9.17, 15) is 4.79 Å². The minimum Gasteiger partial charge on any atom is -0.352 e. The van der Waals surface area contributed by atoms with Crippen molar-refractivity contribution in [1.29, 1.82) is 0 Å². The average molecular weight is 538 g/mol. The monoisotopic (exact) mass is 537 g/mol. The fourth-order valence-electron chi connectivity index (χ4n) is 5.59. The molecule has 200 valence electrons. The number of nitrogens with one attached hydrogen (secondary N) is 2. The van der Waals surface area contributed by atoms with Gasteiger partial charge in [0.15, 0.2) is 5.11 Å². The molecule has 4 aromatic rings. The summed E-state index contributed by atoms with van der Waals surface area (Å²) < 4.78 is 2.33. The molecule has 0 saturated carbocycles. The highest BCUT2D eigenvalue weighted by Crippen LogP contribution is 2.41. The van der Waals surface area contributed by atoms with Crippen LogP contribution in [0.3, 0.4) is 0 Å². The number of amides is 1. The van der Waals surface area contributed by atoms with Gasteiger partial charge >= 0.3 is 0 Å². The van der Waals surface area contributed by atoms with Crippen LogP contribution in [0, 0.1) is 34.6 Å². The van der Waals surface area contributed by atoms with Crippen molar-refractivity contribution in [3.05, 3.63) is 112 Å². The zero-order chi connectivity index (χ0) is 27.7. The third-order valence-electron chi connectivity index (χ3n) is 7.69. The quantitative estimate of drug-likeness (QED) is 0.267. The molecule has 2 aromatic carbocycles. The summed E-state index contributed by atoms with van der Waals surface area (Å²) in [6.45, 7) is 11.1. The van der Waals surface area contributed by atoms with Crippen molar-refractivity contribution < 1.29 is 4.79 Å². The number of anilines is 1. The Kier molecular flexibility index (Phi) is 7.53. The topological polar surface area (TPSA) is 62.2 Å². The zero-order valence-corrected chi connectivity index (χ0v) is 24.0. The molecule has 1 saturated heterocycles. The first kappa shape index (κ1) is 26.6. The number of carbonyl (C=O) groups excluding carboxylic acids is 1. The van der Waals surface area contributed by atoms with Crippen LogP contribution >= 0.6 is 12.2 Å².